The fourth-order valence-corrected chi connectivity index (χ4v) is 8.24. The van der Waals surface area contributed by atoms with Crippen molar-refractivity contribution in [1.29, 1.82) is 0 Å². The third kappa shape index (κ3) is 49.1. The molecule has 0 rings (SSSR count). The van der Waals surface area contributed by atoms with Crippen molar-refractivity contribution in [2.75, 3.05) is 6.61 Å². The van der Waals surface area contributed by atoms with Crippen molar-refractivity contribution >= 4 is 5.91 Å². The Morgan fingerprint density at radius 2 is 0.677 bits per heavy atom. The average Bonchev–Trinajstić information content (AvgIpc) is 3.28. The second kappa shape index (κ2) is 53.4. The van der Waals surface area contributed by atoms with Crippen LogP contribution in [0.2, 0.25) is 0 Å². The van der Waals surface area contributed by atoms with Gasteiger partial charge in [0.1, 0.15) is 0 Å². The molecule has 0 aliphatic heterocycles. The molecule has 0 aliphatic carbocycles. The zero-order valence-corrected chi connectivity index (χ0v) is 41.6. The molecule has 1 amide bonds. The van der Waals surface area contributed by atoms with E-state index in [9.17, 15) is 15.0 Å². The van der Waals surface area contributed by atoms with Gasteiger partial charge in [-0.05, 0) is 77.0 Å². The number of hydrogen-bond acceptors (Lipinski definition) is 3. The van der Waals surface area contributed by atoms with Crippen molar-refractivity contribution in [2.45, 2.75) is 296 Å². The first-order chi connectivity index (χ1) is 30.7. The zero-order valence-electron chi connectivity index (χ0n) is 41.6. The molecule has 0 aromatic heterocycles. The Morgan fingerprint density at radius 1 is 0.387 bits per heavy atom. The van der Waals surface area contributed by atoms with Gasteiger partial charge in [-0.1, -0.05) is 261 Å². The van der Waals surface area contributed by atoms with Crippen molar-refractivity contribution in [3.05, 3.63) is 60.8 Å². The minimum absolute atomic E-state index is 0.0753. The Hall–Kier alpha value is -1.91. The topological polar surface area (TPSA) is 69.6 Å². The molecule has 0 saturated heterocycles. The molecule has 0 saturated carbocycles. The predicted molar refractivity (Wildman–Crippen MR) is 276 cm³/mol. The molecule has 0 aliphatic rings. The van der Waals surface area contributed by atoms with E-state index in [1.807, 2.05) is 6.08 Å². The summed E-state index contributed by atoms with van der Waals surface area (Å²) in [5, 5.41) is 23.1. The number of rotatable bonds is 50. The number of allylic oxidation sites excluding steroid dienone is 9. The highest BCUT2D eigenvalue weighted by molar-refractivity contribution is 5.76. The van der Waals surface area contributed by atoms with E-state index in [4.69, 9.17) is 0 Å². The molecule has 62 heavy (non-hydrogen) atoms. The molecule has 0 fully saturated rings. The summed E-state index contributed by atoms with van der Waals surface area (Å²) in [6.07, 6.45) is 75.2. The lowest BCUT2D eigenvalue weighted by Crippen LogP contribution is -2.45. The van der Waals surface area contributed by atoms with Crippen LogP contribution in [0.5, 0.6) is 0 Å². The lowest BCUT2D eigenvalue weighted by molar-refractivity contribution is -0.123. The van der Waals surface area contributed by atoms with Gasteiger partial charge < -0.3 is 15.5 Å². The number of hydrogen-bond donors (Lipinski definition) is 3. The van der Waals surface area contributed by atoms with Gasteiger partial charge >= 0.3 is 0 Å². The van der Waals surface area contributed by atoms with Crippen LogP contribution in [-0.4, -0.2) is 34.9 Å². The number of nitrogens with one attached hydrogen (secondary N) is 1. The summed E-state index contributed by atoms with van der Waals surface area (Å²) in [7, 11) is 0. The van der Waals surface area contributed by atoms with Gasteiger partial charge in [0, 0.05) is 6.42 Å². The van der Waals surface area contributed by atoms with Crippen LogP contribution in [-0.2, 0) is 4.79 Å². The first-order valence-corrected chi connectivity index (χ1v) is 27.5. The monoisotopic (exact) mass is 866 g/mol. The molecule has 0 aromatic carbocycles. The molecule has 2 atom stereocenters. The summed E-state index contributed by atoms with van der Waals surface area (Å²) >= 11 is 0. The van der Waals surface area contributed by atoms with Crippen molar-refractivity contribution < 1.29 is 15.0 Å². The van der Waals surface area contributed by atoms with Crippen LogP contribution < -0.4 is 5.32 Å². The van der Waals surface area contributed by atoms with Gasteiger partial charge in [0.25, 0.3) is 0 Å². The Kier molecular flexibility index (Phi) is 51.8. The van der Waals surface area contributed by atoms with E-state index < -0.39 is 12.1 Å². The Morgan fingerprint density at radius 3 is 1.03 bits per heavy atom. The highest BCUT2D eigenvalue weighted by atomic mass is 16.3. The summed E-state index contributed by atoms with van der Waals surface area (Å²) in [5.74, 6) is -0.0753. The minimum atomic E-state index is -0.870. The molecule has 4 nitrogen and oxygen atoms in total. The van der Waals surface area contributed by atoms with Crippen molar-refractivity contribution in [1.82, 2.24) is 5.32 Å². The van der Waals surface area contributed by atoms with Gasteiger partial charge in [-0.2, -0.15) is 0 Å². The third-order valence-electron chi connectivity index (χ3n) is 12.5. The average molecular weight is 866 g/mol. The Labute approximate surface area is 387 Å². The Balaban J connectivity index is 3.49. The van der Waals surface area contributed by atoms with Crippen LogP contribution in [0, 0.1) is 0 Å². The number of unbranched alkanes of at least 4 members (excludes halogenated alkanes) is 35. The molecular weight excluding hydrogens is 759 g/mol. The number of aliphatic hydroxyl groups excluding tert-OH is 2. The van der Waals surface area contributed by atoms with E-state index in [2.05, 4.69) is 67.8 Å². The fourth-order valence-electron chi connectivity index (χ4n) is 8.24. The summed E-state index contributed by atoms with van der Waals surface area (Å²) in [5.41, 5.74) is 0. The van der Waals surface area contributed by atoms with E-state index in [0.717, 1.165) is 44.9 Å². The molecule has 3 N–H and O–H groups in total. The molecule has 0 heterocycles. The molecule has 4 heteroatoms. The van der Waals surface area contributed by atoms with Crippen LogP contribution in [0.15, 0.2) is 60.8 Å². The minimum Gasteiger partial charge on any atom is -0.394 e. The van der Waals surface area contributed by atoms with Crippen molar-refractivity contribution in [3.63, 3.8) is 0 Å². The van der Waals surface area contributed by atoms with E-state index in [-0.39, 0.29) is 12.5 Å². The van der Waals surface area contributed by atoms with Crippen LogP contribution in [0.25, 0.3) is 0 Å². The zero-order chi connectivity index (χ0) is 44.9. The van der Waals surface area contributed by atoms with Crippen LogP contribution in [0.1, 0.15) is 284 Å². The van der Waals surface area contributed by atoms with Crippen LogP contribution in [0.4, 0.5) is 0 Å². The van der Waals surface area contributed by atoms with Crippen molar-refractivity contribution in [2.24, 2.45) is 0 Å². The highest BCUT2D eigenvalue weighted by Crippen LogP contribution is 2.16. The van der Waals surface area contributed by atoms with Gasteiger partial charge in [-0.15, -0.1) is 0 Å². The lowest BCUT2D eigenvalue weighted by Gasteiger charge is -2.19. The predicted octanol–water partition coefficient (Wildman–Crippen LogP) is 18.0. The smallest absolute Gasteiger partial charge is 0.220 e. The molecule has 2 unspecified atom stereocenters. The third-order valence-corrected chi connectivity index (χ3v) is 12.5. The number of carbonyl (C=O) groups excluding carboxylic acids is 1. The highest BCUT2D eigenvalue weighted by Gasteiger charge is 2.17. The first-order valence-electron chi connectivity index (χ1n) is 27.5. The van der Waals surface area contributed by atoms with Gasteiger partial charge in [-0.3, -0.25) is 4.79 Å². The van der Waals surface area contributed by atoms with Crippen molar-refractivity contribution in [3.8, 4) is 0 Å². The first kappa shape index (κ1) is 60.1. The Bertz CT molecular complexity index is 1030. The molecular formula is C58H107NO3. The summed E-state index contributed by atoms with van der Waals surface area (Å²) in [6, 6.07) is -0.646. The van der Waals surface area contributed by atoms with Crippen LogP contribution >= 0.6 is 0 Å². The second-order valence-electron chi connectivity index (χ2n) is 18.6. The standard InChI is InChI=1S/C58H107NO3/c1-3-5-7-9-11-13-15-17-19-21-22-23-24-25-26-27-28-29-30-31-32-33-34-35-36-38-40-42-44-46-48-50-52-54-58(62)59-56(55-60)57(61)53-51-49-47-45-43-41-39-37-20-18-16-14-12-10-8-6-4-2/h15,17,20-22,37,43,45,51,53,56-57,60-61H,3-14,16,18-19,23-36,38-42,44,46-50,52,54-55H2,1-2H3,(H,59,62)/b17-15-,22-21-,37-20+,45-43+,53-51+. The maximum Gasteiger partial charge on any atom is 0.220 e. The van der Waals surface area contributed by atoms with Gasteiger partial charge in [0.05, 0.1) is 18.8 Å². The number of carbonyl (C=O) groups is 1. The largest absolute Gasteiger partial charge is 0.394 e. The van der Waals surface area contributed by atoms with E-state index >= 15 is 0 Å². The lowest BCUT2D eigenvalue weighted by atomic mass is 10.0. The second-order valence-corrected chi connectivity index (χ2v) is 18.6. The number of amides is 1. The normalized spacial score (nSPS) is 13.3. The maximum absolute atomic E-state index is 12.4. The quantitative estimate of drug-likeness (QED) is 0.0421. The number of aliphatic hydroxyl groups is 2. The van der Waals surface area contributed by atoms with Gasteiger partial charge in [0.2, 0.25) is 5.91 Å². The molecule has 0 radical (unpaired) electrons. The van der Waals surface area contributed by atoms with Gasteiger partial charge in [0.15, 0.2) is 0 Å². The molecule has 362 valence electrons. The van der Waals surface area contributed by atoms with E-state index in [1.54, 1.807) is 6.08 Å². The summed E-state index contributed by atoms with van der Waals surface area (Å²) in [6.45, 7) is 4.29. The van der Waals surface area contributed by atoms with E-state index in [0.29, 0.717) is 6.42 Å². The maximum atomic E-state index is 12.4. The fraction of sp³-hybridized carbons (Fsp3) is 0.810. The van der Waals surface area contributed by atoms with E-state index in [1.165, 1.54) is 218 Å². The molecule has 0 spiro atoms. The van der Waals surface area contributed by atoms with Gasteiger partial charge in [-0.25, -0.2) is 0 Å². The van der Waals surface area contributed by atoms with Crippen LogP contribution in [0.3, 0.4) is 0 Å². The summed E-state index contributed by atoms with van der Waals surface area (Å²) < 4.78 is 0. The SMILES string of the molecule is CCCCCCC/C=C\C/C=C\CCCCCCCCCCCCCCCCCCCCCCCC(=O)NC(CO)C(O)/C=C/CC/C=C/CC/C=C/CCCCCCCCC. The molecule has 0 bridgehead atoms. The summed E-state index contributed by atoms with van der Waals surface area (Å²) in [4.78, 5) is 12.4. The molecule has 0 aromatic rings.